The van der Waals surface area contributed by atoms with Crippen LogP contribution in [0.4, 0.5) is 0 Å². The summed E-state index contributed by atoms with van der Waals surface area (Å²) >= 11 is 0. The largest absolute Gasteiger partial charge is 0.366 e. The predicted octanol–water partition coefficient (Wildman–Crippen LogP) is 5.16. The molecule has 1 saturated heterocycles. The monoisotopic (exact) mass is 305 g/mol. The Hall–Kier alpha value is -1.50. The molecule has 0 N–H and O–H groups in total. The van der Waals surface area contributed by atoms with Gasteiger partial charge in [-0.25, -0.2) is 0 Å². The number of fused-ring (bicyclic) bond motifs is 3. The van der Waals surface area contributed by atoms with Gasteiger partial charge in [0.15, 0.2) is 0 Å². The van der Waals surface area contributed by atoms with Crippen molar-refractivity contribution in [3.8, 4) is 0 Å². The summed E-state index contributed by atoms with van der Waals surface area (Å²) in [6, 6.07) is 0. The van der Waals surface area contributed by atoms with Crippen LogP contribution in [0, 0.1) is 17.8 Å². The molecule has 0 spiro atoms. The number of piperidine rings is 1. The minimum Gasteiger partial charge on any atom is -0.366 e. The van der Waals surface area contributed by atoms with E-state index in [-0.39, 0.29) is 0 Å². The van der Waals surface area contributed by atoms with Gasteiger partial charge < -0.3 is 4.90 Å². The highest BCUT2D eigenvalue weighted by Crippen LogP contribution is 2.51. The lowest BCUT2D eigenvalue weighted by molar-refractivity contribution is 0.318. The Labute approximate surface area is 140 Å². The Bertz CT molecular complexity index is 685. The van der Waals surface area contributed by atoms with Crippen LogP contribution in [0.25, 0.3) is 0 Å². The number of allylic oxidation sites excluding steroid dienone is 7. The fourth-order valence-corrected chi connectivity index (χ4v) is 5.70. The van der Waals surface area contributed by atoms with Gasteiger partial charge in [0, 0.05) is 24.7 Å². The van der Waals surface area contributed by atoms with Crippen molar-refractivity contribution < 1.29 is 0 Å². The van der Waals surface area contributed by atoms with Gasteiger partial charge in [0.25, 0.3) is 0 Å². The Morgan fingerprint density at radius 1 is 1.13 bits per heavy atom. The number of hydrogen-bond donors (Lipinski definition) is 0. The summed E-state index contributed by atoms with van der Waals surface area (Å²) in [4.78, 5) is 2.65. The van der Waals surface area contributed by atoms with Crippen molar-refractivity contribution in [1.82, 2.24) is 4.90 Å². The Balaban J connectivity index is 1.71. The molecule has 1 nitrogen and oxygen atoms in total. The first-order valence-corrected chi connectivity index (χ1v) is 9.56. The van der Waals surface area contributed by atoms with Gasteiger partial charge in [-0.05, 0) is 73.2 Å². The summed E-state index contributed by atoms with van der Waals surface area (Å²) in [6.45, 7) is 4.72. The molecule has 23 heavy (non-hydrogen) atoms. The standard InChI is InChI=1S/C22H27N/c1-15-6-4-8-18-17(15)12-11-16-7-5-9-19-21-10-2-3-13-23(21)14-20(18)22(16)19/h2-4,8,10,15,17,19H,5-7,9,11-14H2,1H3/t15-,17?,19?/m1/s1. The van der Waals surface area contributed by atoms with Crippen LogP contribution in [0.5, 0.6) is 0 Å². The van der Waals surface area contributed by atoms with Gasteiger partial charge in [-0.2, -0.15) is 0 Å². The molecule has 0 aromatic rings. The van der Waals surface area contributed by atoms with E-state index in [4.69, 9.17) is 0 Å². The second-order valence-corrected chi connectivity index (χ2v) is 8.06. The number of hydrogen-bond acceptors (Lipinski definition) is 1. The molecule has 120 valence electrons. The molecule has 2 unspecified atom stereocenters. The molecule has 2 aliphatic heterocycles. The molecule has 1 fully saturated rings. The third-order valence-electron chi connectivity index (χ3n) is 6.82. The van der Waals surface area contributed by atoms with Crippen molar-refractivity contribution in [2.24, 2.45) is 17.8 Å². The van der Waals surface area contributed by atoms with Gasteiger partial charge in [0.05, 0.1) is 0 Å². The van der Waals surface area contributed by atoms with Crippen molar-refractivity contribution in [3.05, 3.63) is 58.4 Å². The SMILES string of the molecule is C[C@@H]1CC=CC2=C3CN4CC=CC=C4C4CCCC(=C34)CCC21. The van der Waals surface area contributed by atoms with Crippen molar-refractivity contribution in [3.63, 3.8) is 0 Å². The summed E-state index contributed by atoms with van der Waals surface area (Å²) in [5.74, 6) is 2.30. The zero-order valence-electron chi connectivity index (χ0n) is 14.2. The van der Waals surface area contributed by atoms with Crippen molar-refractivity contribution in [1.29, 1.82) is 0 Å². The molecular weight excluding hydrogens is 278 g/mol. The lowest BCUT2D eigenvalue weighted by Gasteiger charge is -2.45. The van der Waals surface area contributed by atoms with Gasteiger partial charge in [0.1, 0.15) is 0 Å². The van der Waals surface area contributed by atoms with Gasteiger partial charge in [-0.1, -0.05) is 36.8 Å². The maximum atomic E-state index is 2.65. The molecule has 5 rings (SSSR count). The van der Waals surface area contributed by atoms with E-state index in [1.807, 2.05) is 5.57 Å². The highest BCUT2D eigenvalue weighted by molar-refractivity contribution is 5.54. The first-order valence-electron chi connectivity index (χ1n) is 9.56. The summed E-state index contributed by atoms with van der Waals surface area (Å²) in [5.41, 5.74) is 8.63. The number of rotatable bonds is 0. The maximum absolute atomic E-state index is 2.65. The third-order valence-corrected chi connectivity index (χ3v) is 6.82. The van der Waals surface area contributed by atoms with Gasteiger partial charge in [-0.3, -0.25) is 0 Å². The fraction of sp³-hybridized carbons (Fsp3) is 0.545. The van der Waals surface area contributed by atoms with Crippen LogP contribution in [0.1, 0.15) is 45.4 Å². The Morgan fingerprint density at radius 2 is 2.09 bits per heavy atom. The normalized spacial score (nSPS) is 35.4. The van der Waals surface area contributed by atoms with E-state index in [9.17, 15) is 0 Å². The average Bonchev–Trinajstić information content (AvgIpc) is 2.75. The van der Waals surface area contributed by atoms with Gasteiger partial charge in [-0.15, -0.1) is 0 Å². The summed E-state index contributed by atoms with van der Waals surface area (Å²) in [7, 11) is 0. The van der Waals surface area contributed by atoms with E-state index in [0.29, 0.717) is 5.92 Å². The lowest BCUT2D eigenvalue weighted by atomic mass is 9.71. The molecule has 0 saturated carbocycles. The van der Waals surface area contributed by atoms with E-state index in [1.165, 1.54) is 38.5 Å². The van der Waals surface area contributed by atoms with Crippen LogP contribution in [-0.4, -0.2) is 18.0 Å². The molecule has 1 heteroatoms. The van der Waals surface area contributed by atoms with Crippen LogP contribution in [0.2, 0.25) is 0 Å². The predicted molar refractivity (Wildman–Crippen MR) is 95.8 cm³/mol. The summed E-state index contributed by atoms with van der Waals surface area (Å²) in [5, 5.41) is 0. The minimum atomic E-state index is 0.685. The third kappa shape index (κ3) is 2.05. The van der Waals surface area contributed by atoms with Gasteiger partial charge in [0.2, 0.25) is 0 Å². The van der Waals surface area contributed by atoms with Crippen molar-refractivity contribution in [2.45, 2.75) is 45.4 Å². The fourth-order valence-electron chi connectivity index (χ4n) is 5.70. The molecule has 3 aliphatic carbocycles. The molecule has 5 aliphatic rings. The molecule has 0 bridgehead atoms. The average molecular weight is 305 g/mol. The molecule has 2 heterocycles. The van der Waals surface area contributed by atoms with Gasteiger partial charge >= 0.3 is 0 Å². The second kappa shape index (κ2) is 5.26. The second-order valence-electron chi connectivity index (χ2n) is 8.06. The summed E-state index contributed by atoms with van der Waals surface area (Å²) in [6.07, 6.45) is 20.0. The van der Waals surface area contributed by atoms with Crippen molar-refractivity contribution >= 4 is 0 Å². The topological polar surface area (TPSA) is 3.24 Å². The van der Waals surface area contributed by atoms with Crippen LogP contribution in [0.3, 0.4) is 0 Å². The molecular formula is C22H27N. The smallest absolute Gasteiger partial charge is 0.0436 e. The highest BCUT2D eigenvalue weighted by atomic mass is 15.2. The summed E-state index contributed by atoms with van der Waals surface area (Å²) < 4.78 is 0. The van der Waals surface area contributed by atoms with E-state index < -0.39 is 0 Å². The molecule has 0 aromatic heterocycles. The van der Waals surface area contributed by atoms with Crippen LogP contribution in [-0.2, 0) is 0 Å². The zero-order valence-corrected chi connectivity index (χ0v) is 14.2. The minimum absolute atomic E-state index is 0.685. The maximum Gasteiger partial charge on any atom is 0.0436 e. The van der Waals surface area contributed by atoms with E-state index in [1.54, 1.807) is 22.4 Å². The van der Waals surface area contributed by atoms with Crippen LogP contribution >= 0.6 is 0 Å². The van der Waals surface area contributed by atoms with E-state index in [0.717, 1.165) is 24.9 Å². The van der Waals surface area contributed by atoms with E-state index in [2.05, 4.69) is 42.2 Å². The first-order chi connectivity index (χ1) is 11.3. The Morgan fingerprint density at radius 3 is 3.04 bits per heavy atom. The highest BCUT2D eigenvalue weighted by Gasteiger charge is 2.40. The molecule has 0 aromatic carbocycles. The Kier molecular flexibility index (Phi) is 3.18. The molecule has 0 radical (unpaired) electrons. The van der Waals surface area contributed by atoms with Crippen molar-refractivity contribution in [2.75, 3.05) is 13.1 Å². The lowest BCUT2D eigenvalue weighted by Crippen LogP contribution is -2.39. The first kappa shape index (κ1) is 13.9. The zero-order chi connectivity index (χ0) is 15.4. The van der Waals surface area contributed by atoms with Crippen LogP contribution < -0.4 is 0 Å². The molecule has 3 atom stereocenters. The van der Waals surface area contributed by atoms with Crippen LogP contribution in [0.15, 0.2) is 58.4 Å². The number of nitrogens with zero attached hydrogens (tertiary/aromatic N) is 1. The van der Waals surface area contributed by atoms with E-state index >= 15 is 0 Å². The quantitative estimate of drug-likeness (QED) is 0.598. The molecule has 0 amide bonds.